The van der Waals surface area contributed by atoms with Gasteiger partial charge in [0.05, 0.1) is 0 Å². The van der Waals surface area contributed by atoms with Crippen molar-refractivity contribution in [1.82, 2.24) is 5.32 Å². The van der Waals surface area contributed by atoms with Crippen LogP contribution in [0.25, 0.3) is 0 Å². The summed E-state index contributed by atoms with van der Waals surface area (Å²) < 4.78 is 0.364. The van der Waals surface area contributed by atoms with Crippen LogP contribution in [0.5, 0.6) is 0 Å². The summed E-state index contributed by atoms with van der Waals surface area (Å²) in [6, 6.07) is 9.49. The zero-order valence-corrected chi connectivity index (χ0v) is 12.6. The minimum absolute atomic E-state index is 0.364. The smallest absolute Gasteiger partial charge is 0.0466 e. The van der Waals surface area contributed by atoms with Gasteiger partial charge in [-0.3, -0.25) is 0 Å². The van der Waals surface area contributed by atoms with Crippen LogP contribution < -0.4 is 5.32 Å². The van der Waals surface area contributed by atoms with Gasteiger partial charge in [0.2, 0.25) is 0 Å². The summed E-state index contributed by atoms with van der Waals surface area (Å²) in [5, 5.41) is 3.77. The van der Waals surface area contributed by atoms with Crippen LogP contribution in [0.3, 0.4) is 0 Å². The molecule has 0 bridgehead atoms. The summed E-state index contributed by atoms with van der Waals surface area (Å²) >= 11 is 2.14. The highest BCUT2D eigenvalue weighted by molar-refractivity contribution is 8.00. The predicted octanol–water partition coefficient (Wildman–Crippen LogP) is 4.32. The molecule has 0 amide bonds. The zero-order chi connectivity index (χ0) is 13.0. The maximum Gasteiger partial charge on any atom is 0.0466 e. The molecular weight excluding hydrogens is 238 g/mol. The third kappa shape index (κ3) is 3.10. The summed E-state index contributed by atoms with van der Waals surface area (Å²) in [6.45, 7) is 7.96. The molecule has 1 aliphatic rings. The van der Waals surface area contributed by atoms with Gasteiger partial charge in [-0.1, -0.05) is 36.8 Å². The third-order valence-electron chi connectivity index (χ3n) is 3.83. The molecule has 2 heteroatoms. The van der Waals surface area contributed by atoms with E-state index in [9.17, 15) is 0 Å². The van der Waals surface area contributed by atoms with Crippen molar-refractivity contribution in [2.75, 3.05) is 12.3 Å². The van der Waals surface area contributed by atoms with Gasteiger partial charge >= 0.3 is 0 Å². The zero-order valence-electron chi connectivity index (χ0n) is 11.8. The number of benzene rings is 1. The van der Waals surface area contributed by atoms with Gasteiger partial charge in [0.1, 0.15) is 0 Å². The summed E-state index contributed by atoms with van der Waals surface area (Å²) in [4.78, 5) is 0. The fraction of sp³-hybridized carbons (Fsp3) is 0.625. The van der Waals surface area contributed by atoms with E-state index in [-0.39, 0.29) is 0 Å². The number of hydrogen-bond donors (Lipinski definition) is 1. The molecule has 2 rings (SSSR count). The molecule has 0 aromatic heterocycles. The second-order valence-electron chi connectivity index (χ2n) is 5.57. The molecule has 2 atom stereocenters. The number of rotatable bonds is 5. The van der Waals surface area contributed by atoms with Crippen LogP contribution in [0, 0.1) is 6.92 Å². The first-order chi connectivity index (χ1) is 8.65. The Morgan fingerprint density at radius 2 is 2.28 bits per heavy atom. The van der Waals surface area contributed by atoms with E-state index in [4.69, 9.17) is 0 Å². The normalized spacial score (nSPS) is 25.3. The highest BCUT2D eigenvalue weighted by Crippen LogP contribution is 2.46. The van der Waals surface area contributed by atoms with E-state index in [1.807, 2.05) is 0 Å². The lowest BCUT2D eigenvalue weighted by molar-refractivity contribution is 0.413. The van der Waals surface area contributed by atoms with Crippen molar-refractivity contribution >= 4 is 11.8 Å². The summed E-state index contributed by atoms with van der Waals surface area (Å²) in [7, 11) is 0. The first kappa shape index (κ1) is 14.0. The fourth-order valence-corrected chi connectivity index (χ4v) is 4.28. The Kier molecular flexibility index (Phi) is 4.74. The Morgan fingerprint density at radius 1 is 1.44 bits per heavy atom. The van der Waals surface area contributed by atoms with Gasteiger partial charge in [-0.05, 0) is 51.0 Å². The molecule has 100 valence electrons. The van der Waals surface area contributed by atoms with Gasteiger partial charge in [-0.2, -0.15) is 11.8 Å². The molecular formula is C16H25NS. The van der Waals surface area contributed by atoms with Crippen molar-refractivity contribution in [3.8, 4) is 0 Å². The van der Waals surface area contributed by atoms with Gasteiger partial charge in [0.25, 0.3) is 0 Å². The molecule has 1 saturated heterocycles. The highest BCUT2D eigenvalue weighted by atomic mass is 32.2. The molecule has 18 heavy (non-hydrogen) atoms. The maximum atomic E-state index is 3.77. The van der Waals surface area contributed by atoms with Crippen LogP contribution in [0.1, 0.15) is 50.3 Å². The molecule has 0 spiro atoms. The van der Waals surface area contributed by atoms with Gasteiger partial charge in [0, 0.05) is 10.8 Å². The molecule has 1 aromatic carbocycles. The van der Waals surface area contributed by atoms with Crippen LogP contribution >= 0.6 is 11.8 Å². The molecule has 1 N–H and O–H groups in total. The Balaban J connectivity index is 2.24. The van der Waals surface area contributed by atoms with E-state index in [2.05, 4.69) is 62.1 Å². The monoisotopic (exact) mass is 263 g/mol. The number of nitrogens with one attached hydrogen (secondary N) is 1. The molecule has 0 radical (unpaired) electrons. The van der Waals surface area contributed by atoms with Crippen LogP contribution in [-0.2, 0) is 0 Å². The minimum atomic E-state index is 0.364. The summed E-state index contributed by atoms with van der Waals surface area (Å²) in [5.74, 6) is 1.31. The SMILES string of the molecule is CCCNC(c1cccc(C)c1)C1(C)CCCS1. The Bertz CT molecular complexity index is 382. The third-order valence-corrected chi connectivity index (χ3v) is 5.43. The molecule has 1 aliphatic heterocycles. The van der Waals surface area contributed by atoms with E-state index in [0.29, 0.717) is 10.8 Å². The van der Waals surface area contributed by atoms with Gasteiger partial charge in [-0.25, -0.2) is 0 Å². The average molecular weight is 263 g/mol. The Morgan fingerprint density at radius 3 is 2.89 bits per heavy atom. The number of thioether (sulfide) groups is 1. The molecule has 2 unspecified atom stereocenters. The van der Waals surface area contributed by atoms with Crippen molar-refractivity contribution < 1.29 is 0 Å². The van der Waals surface area contributed by atoms with Crippen LogP contribution in [-0.4, -0.2) is 17.0 Å². The van der Waals surface area contributed by atoms with E-state index < -0.39 is 0 Å². The molecule has 1 fully saturated rings. The summed E-state index contributed by atoms with van der Waals surface area (Å²) in [5.41, 5.74) is 2.82. The predicted molar refractivity (Wildman–Crippen MR) is 82.3 cm³/mol. The van der Waals surface area contributed by atoms with Crippen molar-refractivity contribution in [3.63, 3.8) is 0 Å². The van der Waals surface area contributed by atoms with Gasteiger partial charge in [0.15, 0.2) is 0 Å². The van der Waals surface area contributed by atoms with Crippen molar-refractivity contribution in [2.24, 2.45) is 0 Å². The Labute approximate surface area is 116 Å². The van der Waals surface area contributed by atoms with Gasteiger partial charge in [-0.15, -0.1) is 0 Å². The topological polar surface area (TPSA) is 12.0 Å². The standard InChI is InChI=1S/C16H25NS/c1-4-10-17-15(16(3)9-6-11-18-16)14-8-5-7-13(2)12-14/h5,7-8,12,15,17H,4,6,9-11H2,1-3H3. The molecule has 0 saturated carbocycles. The van der Waals surface area contributed by atoms with Crippen LogP contribution in [0.2, 0.25) is 0 Å². The first-order valence-electron chi connectivity index (χ1n) is 7.09. The molecule has 1 heterocycles. The molecule has 1 nitrogen and oxygen atoms in total. The van der Waals surface area contributed by atoms with E-state index in [1.165, 1.54) is 36.1 Å². The first-order valence-corrected chi connectivity index (χ1v) is 8.08. The summed E-state index contributed by atoms with van der Waals surface area (Å²) in [6.07, 6.45) is 3.88. The molecule has 1 aromatic rings. The lowest BCUT2D eigenvalue weighted by atomic mass is 9.89. The van der Waals surface area contributed by atoms with E-state index >= 15 is 0 Å². The van der Waals surface area contributed by atoms with Crippen LogP contribution in [0.4, 0.5) is 0 Å². The van der Waals surface area contributed by atoms with Crippen molar-refractivity contribution in [3.05, 3.63) is 35.4 Å². The minimum Gasteiger partial charge on any atom is -0.309 e. The van der Waals surface area contributed by atoms with Gasteiger partial charge < -0.3 is 5.32 Å². The quantitative estimate of drug-likeness (QED) is 0.849. The van der Waals surface area contributed by atoms with E-state index in [1.54, 1.807) is 0 Å². The van der Waals surface area contributed by atoms with Crippen molar-refractivity contribution in [2.45, 2.75) is 50.8 Å². The lowest BCUT2D eigenvalue weighted by Crippen LogP contribution is -2.38. The second kappa shape index (κ2) is 6.12. The Hall–Kier alpha value is -0.470. The largest absolute Gasteiger partial charge is 0.309 e. The number of hydrogen-bond acceptors (Lipinski definition) is 2. The lowest BCUT2D eigenvalue weighted by Gasteiger charge is -2.34. The fourth-order valence-electron chi connectivity index (χ4n) is 2.85. The molecule has 0 aliphatic carbocycles. The average Bonchev–Trinajstić information content (AvgIpc) is 2.77. The maximum absolute atomic E-state index is 3.77. The second-order valence-corrected chi connectivity index (χ2v) is 7.20. The van der Waals surface area contributed by atoms with E-state index in [0.717, 1.165) is 6.54 Å². The highest BCUT2D eigenvalue weighted by Gasteiger charge is 2.38. The number of aryl methyl sites for hydroxylation is 1. The van der Waals surface area contributed by atoms with Crippen molar-refractivity contribution in [1.29, 1.82) is 0 Å². The van der Waals surface area contributed by atoms with Crippen LogP contribution in [0.15, 0.2) is 24.3 Å².